The molecule has 1 atom stereocenters. The zero-order valence-electron chi connectivity index (χ0n) is 15.1. The maximum absolute atomic E-state index is 12.5. The zero-order valence-corrected chi connectivity index (χ0v) is 15.1. The minimum atomic E-state index is -0.744. The Hall–Kier alpha value is -2.90. The zero-order chi connectivity index (χ0) is 19.0. The number of likely N-dealkylation sites (N-methyl/N-ethyl adjacent to an activating group) is 1. The van der Waals surface area contributed by atoms with Crippen LogP contribution in [0.1, 0.15) is 11.1 Å². The molecule has 0 bridgehead atoms. The summed E-state index contributed by atoms with van der Waals surface area (Å²) in [6.45, 7) is 4.40. The number of aryl methyl sites for hydroxylation is 2. The molecular formula is C18H22N4O4. The third-order valence-corrected chi connectivity index (χ3v) is 4.70. The van der Waals surface area contributed by atoms with E-state index in [1.807, 2.05) is 19.9 Å². The highest BCUT2D eigenvalue weighted by molar-refractivity contribution is 6.39. The number of nitrogens with one attached hydrogen (secondary N) is 1. The number of rotatable bonds is 1. The molecule has 1 N–H and O–H groups in total. The minimum absolute atomic E-state index is 0.0357. The van der Waals surface area contributed by atoms with Crippen LogP contribution in [0.4, 0.5) is 5.69 Å². The minimum Gasteiger partial charge on any atom is -0.335 e. The maximum Gasteiger partial charge on any atom is 0.313 e. The van der Waals surface area contributed by atoms with E-state index in [1.54, 1.807) is 19.2 Å². The number of fused-ring (bicyclic) bond motifs is 1. The lowest BCUT2D eigenvalue weighted by molar-refractivity contribution is -0.161. The van der Waals surface area contributed by atoms with E-state index in [0.717, 1.165) is 11.1 Å². The largest absolute Gasteiger partial charge is 0.335 e. The molecule has 0 saturated carbocycles. The highest BCUT2D eigenvalue weighted by Crippen LogP contribution is 2.18. The van der Waals surface area contributed by atoms with Crippen LogP contribution in [0.25, 0.3) is 0 Å². The molecule has 1 aromatic carbocycles. The van der Waals surface area contributed by atoms with E-state index < -0.39 is 17.9 Å². The average Bonchev–Trinajstić information content (AvgIpc) is 2.57. The van der Waals surface area contributed by atoms with Gasteiger partial charge in [0, 0.05) is 25.8 Å². The van der Waals surface area contributed by atoms with Gasteiger partial charge in [-0.05, 0) is 37.1 Å². The van der Waals surface area contributed by atoms with Gasteiger partial charge in [0.1, 0.15) is 6.04 Å². The van der Waals surface area contributed by atoms with Crippen LogP contribution in [0.15, 0.2) is 18.2 Å². The van der Waals surface area contributed by atoms with Crippen LogP contribution in [0.3, 0.4) is 0 Å². The smallest absolute Gasteiger partial charge is 0.313 e. The SMILES string of the molecule is Cc1cc(C)cc(NC(=O)C(=O)N2CCN3C(=O)CN(C)C(=O)[C@@H]3C2)c1. The number of amides is 4. The number of carbonyl (C=O) groups is 4. The summed E-state index contributed by atoms with van der Waals surface area (Å²) >= 11 is 0. The summed E-state index contributed by atoms with van der Waals surface area (Å²) < 4.78 is 0. The van der Waals surface area contributed by atoms with Crippen LogP contribution < -0.4 is 5.32 Å². The van der Waals surface area contributed by atoms with E-state index >= 15 is 0 Å². The fraction of sp³-hybridized carbons (Fsp3) is 0.444. The van der Waals surface area contributed by atoms with Gasteiger partial charge in [-0.3, -0.25) is 19.2 Å². The molecular weight excluding hydrogens is 336 g/mol. The number of nitrogens with zero attached hydrogens (tertiary/aromatic N) is 3. The molecule has 138 valence electrons. The summed E-state index contributed by atoms with van der Waals surface area (Å²) in [5.74, 6) is -1.79. The summed E-state index contributed by atoms with van der Waals surface area (Å²) in [5, 5.41) is 2.62. The highest BCUT2D eigenvalue weighted by Gasteiger charge is 2.43. The van der Waals surface area contributed by atoms with Crippen molar-refractivity contribution >= 4 is 29.3 Å². The van der Waals surface area contributed by atoms with Crippen LogP contribution >= 0.6 is 0 Å². The first-order valence-electron chi connectivity index (χ1n) is 8.49. The van der Waals surface area contributed by atoms with Gasteiger partial charge in [-0.1, -0.05) is 6.07 Å². The Kier molecular flexibility index (Phi) is 4.67. The monoisotopic (exact) mass is 358 g/mol. The van der Waals surface area contributed by atoms with Gasteiger partial charge in [0.2, 0.25) is 11.8 Å². The first-order chi connectivity index (χ1) is 12.3. The number of carbonyl (C=O) groups excluding carboxylic acids is 4. The van der Waals surface area contributed by atoms with Crippen molar-refractivity contribution in [2.24, 2.45) is 0 Å². The number of anilines is 1. The molecule has 0 aliphatic carbocycles. The van der Waals surface area contributed by atoms with Crippen LogP contribution in [-0.4, -0.2) is 77.6 Å². The Morgan fingerprint density at radius 2 is 1.73 bits per heavy atom. The maximum atomic E-state index is 12.5. The van der Waals surface area contributed by atoms with Crippen molar-refractivity contribution in [2.75, 3.05) is 38.5 Å². The van der Waals surface area contributed by atoms with E-state index in [1.165, 1.54) is 14.7 Å². The third-order valence-electron chi connectivity index (χ3n) is 4.70. The molecule has 0 unspecified atom stereocenters. The highest BCUT2D eigenvalue weighted by atomic mass is 16.2. The lowest BCUT2D eigenvalue weighted by Crippen LogP contribution is -2.67. The van der Waals surface area contributed by atoms with Crippen molar-refractivity contribution < 1.29 is 19.2 Å². The van der Waals surface area contributed by atoms with Gasteiger partial charge in [0.15, 0.2) is 0 Å². The molecule has 0 aromatic heterocycles. The molecule has 2 saturated heterocycles. The van der Waals surface area contributed by atoms with Crippen molar-refractivity contribution in [2.45, 2.75) is 19.9 Å². The fourth-order valence-corrected chi connectivity index (χ4v) is 3.48. The van der Waals surface area contributed by atoms with Gasteiger partial charge in [0.25, 0.3) is 0 Å². The Balaban J connectivity index is 1.69. The lowest BCUT2D eigenvalue weighted by atomic mass is 10.1. The first kappa shape index (κ1) is 17.9. The van der Waals surface area contributed by atoms with Gasteiger partial charge in [-0.25, -0.2) is 0 Å². The van der Waals surface area contributed by atoms with E-state index in [4.69, 9.17) is 0 Å². The summed E-state index contributed by atoms with van der Waals surface area (Å²) in [4.78, 5) is 53.4. The van der Waals surface area contributed by atoms with E-state index in [0.29, 0.717) is 5.69 Å². The van der Waals surface area contributed by atoms with Crippen LogP contribution in [0, 0.1) is 13.8 Å². The predicted octanol–water partition coefficient (Wildman–Crippen LogP) is -0.247. The van der Waals surface area contributed by atoms with Crippen LogP contribution in [0.5, 0.6) is 0 Å². The molecule has 8 heteroatoms. The predicted molar refractivity (Wildman–Crippen MR) is 94.3 cm³/mol. The van der Waals surface area contributed by atoms with Crippen molar-refractivity contribution in [3.8, 4) is 0 Å². The van der Waals surface area contributed by atoms with Gasteiger partial charge in [-0.15, -0.1) is 0 Å². The topological polar surface area (TPSA) is 90.0 Å². The number of hydrogen-bond donors (Lipinski definition) is 1. The van der Waals surface area contributed by atoms with Crippen LogP contribution in [0.2, 0.25) is 0 Å². The van der Waals surface area contributed by atoms with Crippen molar-refractivity contribution in [1.29, 1.82) is 0 Å². The second-order valence-electron chi connectivity index (χ2n) is 6.88. The fourth-order valence-electron chi connectivity index (χ4n) is 3.48. The second-order valence-corrected chi connectivity index (χ2v) is 6.88. The van der Waals surface area contributed by atoms with Crippen LogP contribution in [-0.2, 0) is 19.2 Å². The second kappa shape index (κ2) is 6.78. The normalized spacial score (nSPS) is 20.1. The summed E-state index contributed by atoms with van der Waals surface area (Å²) in [5.41, 5.74) is 2.52. The molecule has 8 nitrogen and oxygen atoms in total. The summed E-state index contributed by atoms with van der Waals surface area (Å²) in [7, 11) is 1.56. The summed E-state index contributed by atoms with van der Waals surface area (Å²) in [6, 6.07) is 4.83. The quantitative estimate of drug-likeness (QED) is 0.701. The molecule has 0 spiro atoms. The molecule has 4 amide bonds. The molecule has 3 rings (SSSR count). The summed E-state index contributed by atoms with van der Waals surface area (Å²) in [6.07, 6.45) is 0. The third kappa shape index (κ3) is 3.40. The number of piperazine rings is 2. The van der Waals surface area contributed by atoms with Gasteiger partial charge < -0.3 is 20.0 Å². The van der Waals surface area contributed by atoms with Gasteiger partial charge in [0.05, 0.1) is 13.1 Å². The van der Waals surface area contributed by atoms with Gasteiger partial charge >= 0.3 is 11.8 Å². The Labute approximate surface area is 151 Å². The average molecular weight is 358 g/mol. The molecule has 2 fully saturated rings. The van der Waals surface area contributed by atoms with Gasteiger partial charge in [-0.2, -0.15) is 0 Å². The number of benzene rings is 1. The molecule has 2 aliphatic rings. The van der Waals surface area contributed by atoms with Crippen molar-refractivity contribution in [3.05, 3.63) is 29.3 Å². The Morgan fingerprint density at radius 3 is 2.38 bits per heavy atom. The molecule has 1 aromatic rings. The molecule has 2 aliphatic heterocycles. The van der Waals surface area contributed by atoms with E-state index in [-0.39, 0.29) is 38.0 Å². The Bertz CT molecular complexity index is 771. The molecule has 26 heavy (non-hydrogen) atoms. The standard InChI is InChI=1S/C18H22N4O4/c1-11-6-12(2)8-13(7-11)19-16(24)18(26)21-4-5-22-14(9-21)17(25)20(3)10-15(22)23/h6-8,14H,4-5,9-10H2,1-3H3,(H,19,24)/t14-/m0/s1. The molecule has 0 radical (unpaired) electrons. The van der Waals surface area contributed by atoms with Crippen molar-refractivity contribution in [1.82, 2.24) is 14.7 Å². The van der Waals surface area contributed by atoms with Crippen molar-refractivity contribution in [3.63, 3.8) is 0 Å². The van der Waals surface area contributed by atoms with E-state index in [2.05, 4.69) is 5.32 Å². The van der Waals surface area contributed by atoms with E-state index in [9.17, 15) is 19.2 Å². The number of hydrogen-bond acceptors (Lipinski definition) is 4. The lowest BCUT2D eigenvalue weighted by Gasteiger charge is -2.44. The first-order valence-corrected chi connectivity index (χ1v) is 8.49. The molecule has 2 heterocycles. The Morgan fingerprint density at radius 1 is 1.08 bits per heavy atom.